The standard InChI is InChI=1S/C16H16O2/c1-16(10-5-11-18-16)15-13-7-4-3-6-12(13)8-9-14(15)17-2/h3-10H,11H2,1-2H3. The highest BCUT2D eigenvalue weighted by atomic mass is 16.5. The summed E-state index contributed by atoms with van der Waals surface area (Å²) >= 11 is 0. The van der Waals surface area contributed by atoms with Gasteiger partial charge in [-0.1, -0.05) is 42.5 Å². The van der Waals surface area contributed by atoms with Crippen molar-refractivity contribution in [3.8, 4) is 5.75 Å². The van der Waals surface area contributed by atoms with Gasteiger partial charge in [-0.05, 0) is 23.8 Å². The molecule has 0 bridgehead atoms. The van der Waals surface area contributed by atoms with Crippen molar-refractivity contribution >= 4 is 10.8 Å². The predicted molar refractivity (Wildman–Crippen MR) is 72.9 cm³/mol. The Labute approximate surface area is 107 Å². The van der Waals surface area contributed by atoms with Gasteiger partial charge in [0.1, 0.15) is 11.4 Å². The van der Waals surface area contributed by atoms with Crippen LogP contribution in [0.4, 0.5) is 0 Å². The molecule has 0 N–H and O–H groups in total. The Morgan fingerprint density at radius 1 is 1.17 bits per heavy atom. The van der Waals surface area contributed by atoms with E-state index in [-0.39, 0.29) is 0 Å². The summed E-state index contributed by atoms with van der Waals surface area (Å²) in [6.45, 7) is 2.74. The maximum atomic E-state index is 5.89. The van der Waals surface area contributed by atoms with E-state index in [1.165, 1.54) is 10.8 Å². The summed E-state index contributed by atoms with van der Waals surface area (Å²) in [6, 6.07) is 12.4. The summed E-state index contributed by atoms with van der Waals surface area (Å²) in [4.78, 5) is 0. The molecular formula is C16H16O2. The molecule has 0 saturated carbocycles. The topological polar surface area (TPSA) is 18.5 Å². The zero-order chi connectivity index (χ0) is 12.6. The molecule has 0 fully saturated rings. The Morgan fingerprint density at radius 3 is 2.72 bits per heavy atom. The van der Waals surface area contributed by atoms with Gasteiger partial charge in [0.15, 0.2) is 0 Å². The molecule has 1 atom stereocenters. The second-order valence-electron chi connectivity index (χ2n) is 4.68. The molecule has 2 aromatic carbocycles. The third-order valence-electron chi connectivity index (χ3n) is 3.52. The summed E-state index contributed by atoms with van der Waals surface area (Å²) in [6.07, 6.45) is 4.17. The summed E-state index contributed by atoms with van der Waals surface area (Å²) in [7, 11) is 1.70. The van der Waals surface area contributed by atoms with E-state index in [1.54, 1.807) is 7.11 Å². The summed E-state index contributed by atoms with van der Waals surface area (Å²) in [5, 5.41) is 2.39. The summed E-state index contributed by atoms with van der Waals surface area (Å²) in [5.41, 5.74) is 0.712. The number of rotatable bonds is 2. The minimum Gasteiger partial charge on any atom is -0.496 e. The second-order valence-corrected chi connectivity index (χ2v) is 4.68. The molecule has 92 valence electrons. The van der Waals surface area contributed by atoms with Crippen LogP contribution in [-0.4, -0.2) is 13.7 Å². The van der Waals surface area contributed by atoms with Crippen LogP contribution in [0.5, 0.6) is 5.75 Å². The average Bonchev–Trinajstić information content (AvgIpc) is 2.85. The van der Waals surface area contributed by atoms with Crippen molar-refractivity contribution in [1.29, 1.82) is 0 Å². The predicted octanol–water partition coefficient (Wildman–Crippen LogP) is 3.65. The SMILES string of the molecule is COc1ccc2ccccc2c1C1(C)C=CCO1. The molecule has 2 nitrogen and oxygen atoms in total. The van der Waals surface area contributed by atoms with Gasteiger partial charge in [0, 0.05) is 5.56 Å². The summed E-state index contributed by atoms with van der Waals surface area (Å²) < 4.78 is 11.4. The van der Waals surface area contributed by atoms with Crippen molar-refractivity contribution in [3.63, 3.8) is 0 Å². The van der Waals surface area contributed by atoms with Crippen molar-refractivity contribution in [3.05, 3.63) is 54.1 Å². The number of ether oxygens (including phenoxy) is 2. The van der Waals surface area contributed by atoms with E-state index >= 15 is 0 Å². The molecule has 0 saturated heterocycles. The average molecular weight is 240 g/mol. The first-order valence-electron chi connectivity index (χ1n) is 6.12. The normalized spacial score (nSPS) is 22.6. The van der Waals surface area contributed by atoms with Crippen LogP contribution in [0.1, 0.15) is 12.5 Å². The Hall–Kier alpha value is -1.80. The molecule has 18 heavy (non-hydrogen) atoms. The van der Waals surface area contributed by atoms with E-state index < -0.39 is 5.60 Å². The van der Waals surface area contributed by atoms with Crippen LogP contribution >= 0.6 is 0 Å². The van der Waals surface area contributed by atoms with Crippen LogP contribution in [0, 0.1) is 0 Å². The van der Waals surface area contributed by atoms with Gasteiger partial charge in [-0.15, -0.1) is 0 Å². The minimum absolute atomic E-state index is 0.397. The Balaban J connectivity index is 2.33. The lowest BCUT2D eigenvalue weighted by molar-refractivity contribution is 0.0383. The van der Waals surface area contributed by atoms with Gasteiger partial charge in [0.2, 0.25) is 0 Å². The number of benzene rings is 2. The molecule has 2 heteroatoms. The van der Waals surface area contributed by atoms with Gasteiger partial charge in [0.25, 0.3) is 0 Å². The maximum Gasteiger partial charge on any atom is 0.125 e. The van der Waals surface area contributed by atoms with Crippen LogP contribution in [0.2, 0.25) is 0 Å². The monoisotopic (exact) mass is 240 g/mol. The zero-order valence-corrected chi connectivity index (χ0v) is 10.6. The van der Waals surface area contributed by atoms with Crippen LogP contribution < -0.4 is 4.74 Å². The Morgan fingerprint density at radius 2 is 2.00 bits per heavy atom. The summed E-state index contributed by atoms with van der Waals surface area (Å²) in [5.74, 6) is 0.878. The first-order chi connectivity index (χ1) is 8.74. The maximum absolute atomic E-state index is 5.89. The largest absolute Gasteiger partial charge is 0.496 e. The van der Waals surface area contributed by atoms with E-state index in [0.29, 0.717) is 6.61 Å². The lowest BCUT2D eigenvalue weighted by Gasteiger charge is -2.26. The highest BCUT2D eigenvalue weighted by Gasteiger charge is 2.32. The molecule has 0 aliphatic carbocycles. The minimum atomic E-state index is -0.397. The van der Waals surface area contributed by atoms with E-state index in [1.807, 2.05) is 18.2 Å². The molecule has 3 rings (SSSR count). The smallest absolute Gasteiger partial charge is 0.125 e. The van der Waals surface area contributed by atoms with Crippen LogP contribution in [0.25, 0.3) is 10.8 Å². The molecule has 1 aliphatic rings. The van der Waals surface area contributed by atoms with Gasteiger partial charge in [-0.2, -0.15) is 0 Å². The van der Waals surface area contributed by atoms with E-state index in [9.17, 15) is 0 Å². The zero-order valence-electron chi connectivity index (χ0n) is 10.6. The van der Waals surface area contributed by atoms with Crippen molar-refractivity contribution in [2.75, 3.05) is 13.7 Å². The third-order valence-corrected chi connectivity index (χ3v) is 3.52. The van der Waals surface area contributed by atoms with Gasteiger partial charge in [-0.25, -0.2) is 0 Å². The molecule has 0 spiro atoms. The van der Waals surface area contributed by atoms with Crippen molar-refractivity contribution in [1.82, 2.24) is 0 Å². The van der Waals surface area contributed by atoms with Crippen molar-refractivity contribution in [2.45, 2.75) is 12.5 Å². The Bertz CT molecular complexity index is 616. The fourth-order valence-corrected chi connectivity index (χ4v) is 2.63. The van der Waals surface area contributed by atoms with Crippen LogP contribution in [-0.2, 0) is 10.3 Å². The van der Waals surface area contributed by atoms with E-state index in [2.05, 4.69) is 37.3 Å². The molecule has 1 unspecified atom stereocenters. The third kappa shape index (κ3) is 1.61. The van der Waals surface area contributed by atoms with E-state index in [0.717, 1.165) is 11.3 Å². The molecule has 0 aromatic heterocycles. The molecule has 1 heterocycles. The lowest BCUT2D eigenvalue weighted by atomic mass is 9.90. The fourth-order valence-electron chi connectivity index (χ4n) is 2.63. The molecule has 2 aromatic rings. The van der Waals surface area contributed by atoms with Crippen LogP contribution in [0.15, 0.2) is 48.6 Å². The van der Waals surface area contributed by atoms with Gasteiger partial charge in [0.05, 0.1) is 13.7 Å². The lowest BCUT2D eigenvalue weighted by Crippen LogP contribution is -2.20. The first-order valence-corrected chi connectivity index (χ1v) is 6.12. The van der Waals surface area contributed by atoms with E-state index in [4.69, 9.17) is 9.47 Å². The fraction of sp³-hybridized carbons (Fsp3) is 0.250. The van der Waals surface area contributed by atoms with Crippen molar-refractivity contribution in [2.24, 2.45) is 0 Å². The number of fused-ring (bicyclic) bond motifs is 1. The molecule has 0 radical (unpaired) electrons. The number of methoxy groups -OCH3 is 1. The quantitative estimate of drug-likeness (QED) is 0.746. The van der Waals surface area contributed by atoms with Gasteiger partial charge in [-0.3, -0.25) is 0 Å². The highest BCUT2D eigenvalue weighted by molar-refractivity contribution is 5.89. The number of hydrogen-bond donors (Lipinski definition) is 0. The molecular weight excluding hydrogens is 224 g/mol. The Kier molecular flexibility index (Phi) is 2.60. The molecule has 0 amide bonds. The second kappa shape index (κ2) is 4.14. The molecule has 1 aliphatic heterocycles. The van der Waals surface area contributed by atoms with Crippen LogP contribution in [0.3, 0.4) is 0 Å². The first kappa shape index (κ1) is 11.3. The van der Waals surface area contributed by atoms with Crippen molar-refractivity contribution < 1.29 is 9.47 Å². The van der Waals surface area contributed by atoms with Gasteiger partial charge >= 0.3 is 0 Å². The highest BCUT2D eigenvalue weighted by Crippen LogP contribution is 2.41. The number of hydrogen-bond acceptors (Lipinski definition) is 2. The van der Waals surface area contributed by atoms with Gasteiger partial charge < -0.3 is 9.47 Å².